The van der Waals surface area contributed by atoms with E-state index in [0.29, 0.717) is 31.2 Å². The monoisotopic (exact) mass is 395 g/mol. The van der Waals surface area contributed by atoms with E-state index < -0.39 is 0 Å². The van der Waals surface area contributed by atoms with E-state index in [-0.39, 0.29) is 11.5 Å². The van der Waals surface area contributed by atoms with E-state index >= 15 is 0 Å². The van der Waals surface area contributed by atoms with E-state index in [1.54, 1.807) is 34.9 Å². The zero-order valence-corrected chi connectivity index (χ0v) is 16.4. The molecule has 8 heteroatoms. The number of rotatable bonds is 4. The van der Waals surface area contributed by atoms with Gasteiger partial charge in [-0.2, -0.15) is 0 Å². The van der Waals surface area contributed by atoms with E-state index in [9.17, 15) is 9.59 Å². The first-order chi connectivity index (χ1) is 13.6. The number of thiazole rings is 1. The minimum absolute atomic E-state index is 0.0550. The van der Waals surface area contributed by atoms with Gasteiger partial charge in [-0.3, -0.25) is 19.1 Å². The van der Waals surface area contributed by atoms with Crippen LogP contribution in [0.4, 0.5) is 0 Å². The number of nitrogens with zero attached hydrogens (tertiary/aromatic N) is 5. The highest BCUT2D eigenvalue weighted by atomic mass is 32.1. The predicted molar refractivity (Wildman–Crippen MR) is 107 cm³/mol. The summed E-state index contributed by atoms with van der Waals surface area (Å²) < 4.78 is 1.67. The van der Waals surface area contributed by atoms with Crippen molar-refractivity contribution >= 4 is 17.2 Å². The summed E-state index contributed by atoms with van der Waals surface area (Å²) in [7, 11) is 0. The zero-order valence-electron chi connectivity index (χ0n) is 15.6. The Labute approximate surface area is 166 Å². The van der Waals surface area contributed by atoms with Crippen molar-refractivity contribution in [1.29, 1.82) is 0 Å². The quantitative estimate of drug-likeness (QED) is 0.678. The highest BCUT2D eigenvalue weighted by molar-refractivity contribution is 7.11. The summed E-state index contributed by atoms with van der Waals surface area (Å²) in [5.41, 5.74) is 3.99. The summed E-state index contributed by atoms with van der Waals surface area (Å²) >= 11 is 1.40. The van der Waals surface area contributed by atoms with E-state index in [0.717, 1.165) is 29.0 Å². The summed E-state index contributed by atoms with van der Waals surface area (Å²) in [5.74, 6) is 0.428. The number of amides is 1. The van der Waals surface area contributed by atoms with Gasteiger partial charge < -0.3 is 4.90 Å². The van der Waals surface area contributed by atoms with E-state index in [2.05, 4.69) is 15.0 Å². The van der Waals surface area contributed by atoms with Crippen LogP contribution in [0.25, 0.3) is 11.3 Å². The normalized spacial score (nSPS) is 15.0. The molecule has 1 amide bonds. The van der Waals surface area contributed by atoms with Gasteiger partial charge >= 0.3 is 0 Å². The fraction of sp³-hybridized carbons (Fsp3) is 0.350. The summed E-state index contributed by atoms with van der Waals surface area (Å²) in [5, 5.41) is 0. The summed E-state index contributed by atoms with van der Waals surface area (Å²) in [6.45, 7) is 3.91. The molecule has 0 saturated carbocycles. The van der Waals surface area contributed by atoms with E-state index in [4.69, 9.17) is 0 Å². The number of likely N-dealkylation sites (tertiary alicyclic amines) is 1. The van der Waals surface area contributed by atoms with Crippen LogP contribution >= 0.6 is 11.3 Å². The molecule has 0 atom stereocenters. The minimum Gasteiger partial charge on any atom is -0.338 e. The SMILES string of the molecule is Cc1ncsc1C(=O)N1CCC(Cn2cnc(-c3ccncc3)cc2=O)CC1. The maximum atomic E-state index is 12.6. The van der Waals surface area contributed by atoms with Crippen LogP contribution in [0.2, 0.25) is 0 Å². The van der Waals surface area contributed by atoms with Gasteiger partial charge in [0.05, 0.1) is 23.2 Å². The van der Waals surface area contributed by atoms with Gasteiger partial charge in [-0.25, -0.2) is 9.97 Å². The van der Waals surface area contributed by atoms with Gasteiger partial charge in [0.15, 0.2) is 0 Å². The van der Waals surface area contributed by atoms with Gasteiger partial charge in [0.25, 0.3) is 11.5 Å². The largest absolute Gasteiger partial charge is 0.338 e. The Morgan fingerprint density at radius 2 is 1.96 bits per heavy atom. The number of carbonyl (C=O) groups excluding carboxylic acids is 1. The molecule has 0 aliphatic carbocycles. The van der Waals surface area contributed by atoms with Crippen molar-refractivity contribution in [3.63, 3.8) is 0 Å². The maximum absolute atomic E-state index is 12.6. The molecule has 3 aromatic rings. The maximum Gasteiger partial charge on any atom is 0.265 e. The third-order valence-electron chi connectivity index (χ3n) is 5.15. The lowest BCUT2D eigenvalue weighted by molar-refractivity contribution is 0.0686. The lowest BCUT2D eigenvalue weighted by atomic mass is 9.96. The molecule has 0 N–H and O–H groups in total. The number of piperidine rings is 1. The first-order valence-electron chi connectivity index (χ1n) is 9.28. The first kappa shape index (κ1) is 18.5. The molecule has 0 aromatic carbocycles. The molecule has 144 valence electrons. The lowest BCUT2D eigenvalue weighted by Crippen LogP contribution is -2.40. The van der Waals surface area contributed by atoms with Crippen molar-refractivity contribution in [2.75, 3.05) is 13.1 Å². The molecule has 1 fully saturated rings. The summed E-state index contributed by atoms with van der Waals surface area (Å²) in [4.78, 5) is 40.3. The molecule has 0 radical (unpaired) electrons. The van der Waals surface area contributed by atoms with Gasteiger partial charge in [-0.1, -0.05) is 0 Å². The second-order valence-electron chi connectivity index (χ2n) is 7.00. The third kappa shape index (κ3) is 3.87. The van der Waals surface area contributed by atoms with Crippen LogP contribution in [0.1, 0.15) is 28.2 Å². The van der Waals surface area contributed by atoms with Gasteiger partial charge in [-0.05, 0) is 37.8 Å². The van der Waals surface area contributed by atoms with Gasteiger partial charge in [0.1, 0.15) is 4.88 Å². The Bertz CT molecular complexity index is 1020. The van der Waals surface area contributed by atoms with Crippen molar-refractivity contribution in [2.24, 2.45) is 5.92 Å². The number of hydrogen-bond acceptors (Lipinski definition) is 6. The Morgan fingerprint density at radius 3 is 2.61 bits per heavy atom. The highest BCUT2D eigenvalue weighted by Crippen LogP contribution is 2.23. The van der Waals surface area contributed by atoms with Gasteiger partial charge in [-0.15, -0.1) is 11.3 Å². The zero-order chi connectivity index (χ0) is 19.5. The van der Waals surface area contributed by atoms with Crippen molar-refractivity contribution in [2.45, 2.75) is 26.3 Å². The molecule has 1 aliphatic rings. The average molecular weight is 395 g/mol. The Kier molecular flexibility index (Phi) is 5.29. The Morgan fingerprint density at radius 1 is 1.21 bits per heavy atom. The minimum atomic E-state index is -0.0550. The molecule has 0 bridgehead atoms. The van der Waals surface area contributed by atoms with Crippen molar-refractivity contribution in [3.8, 4) is 11.3 Å². The summed E-state index contributed by atoms with van der Waals surface area (Å²) in [6.07, 6.45) is 6.75. The Balaban J connectivity index is 1.38. The summed E-state index contributed by atoms with van der Waals surface area (Å²) in [6, 6.07) is 5.24. The molecule has 3 aromatic heterocycles. The molecule has 4 heterocycles. The number of aryl methyl sites for hydroxylation is 1. The number of hydrogen-bond donors (Lipinski definition) is 0. The molecule has 1 saturated heterocycles. The topological polar surface area (TPSA) is 81.0 Å². The molecule has 0 spiro atoms. The van der Waals surface area contributed by atoms with Crippen molar-refractivity contribution in [3.05, 3.63) is 63.4 Å². The van der Waals surface area contributed by atoms with Crippen LogP contribution in [-0.2, 0) is 6.54 Å². The van der Waals surface area contributed by atoms with E-state index in [1.165, 1.54) is 11.3 Å². The van der Waals surface area contributed by atoms with Gasteiger partial charge in [0.2, 0.25) is 0 Å². The van der Waals surface area contributed by atoms with Crippen molar-refractivity contribution in [1.82, 2.24) is 24.4 Å². The fourth-order valence-corrected chi connectivity index (χ4v) is 4.26. The molecule has 0 unspecified atom stereocenters. The standard InChI is InChI=1S/C20H21N5O2S/c1-14-19(28-13-23-14)20(27)24-8-4-15(5-9-24)11-25-12-22-17(10-18(25)26)16-2-6-21-7-3-16/h2-3,6-7,10,12-13,15H,4-5,8-9,11H2,1H3. The second-order valence-corrected chi connectivity index (χ2v) is 7.86. The van der Waals surface area contributed by atoms with Crippen LogP contribution in [-0.4, -0.2) is 43.4 Å². The smallest absolute Gasteiger partial charge is 0.265 e. The molecular formula is C20H21N5O2S. The van der Waals surface area contributed by atoms with Crippen LogP contribution in [0.3, 0.4) is 0 Å². The molecule has 7 nitrogen and oxygen atoms in total. The lowest BCUT2D eigenvalue weighted by Gasteiger charge is -2.32. The van der Waals surface area contributed by atoms with Crippen LogP contribution in [0, 0.1) is 12.8 Å². The third-order valence-corrected chi connectivity index (χ3v) is 6.07. The molecular weight excluding hydrogens is 374 g/mol. The van der Waals surface area contributed by atoms with Crippen LogP contribution in [0.5, 0.6) is 0 Å². The predicted octanol–water partition coefficient (Wildman–Crippen LogP) is 2.62. The average Bonchev–Trinajstić information content (AvgIpc) is 3.16. The van der Waals surface area contributed by atoms with Crippen molar-refractivity contribution < 1.29 is 4.79 Å². The van der Waals surface area contributed by atoms with Crippen LogP contribution in [0.15, 0.2) is 47.2 Å². The fourth-order valence-electron chi connectivity index (χ4n) is 3.49. The number of carbonyl (C=O) groups is 1. The Hall–Kier alpha value is -2.87. The second kappa shape index (κ2) is 8.02. The number of pyridine rings is 1. The molecule has 1 aliphatic heterocycles. The van der Waals surface area contributed by atoms with E-state index in [1.807, 2.05) is 24.0 Å². The molecule has 4 rings (SSSR count). The molecule has 28 heavy (non-hydrogen) atoms. The van der Waals surface area contributed by atoms with Crippen LogP contribution < -0.4 is 5.56 Å². The first-order valence-corrected chi connectivity index (χ1v) is 10.2. The highest BCUT2D eigenvalue weighted by Gasteiger charge is 2.26. The van der Waals surface area contributed by atoms with Gasteiger partial charge in [0, 0.05) is 43.7 Å². The number of aromatic nitrogens is 4.